The molecule has 1 fully saturated rings. The quantitative estimate of drug-likeness (QED) is 0.865. The Balaban J connectivity index is 2.27. The van der Waals surface area contributed by atoms with Gasteiger partial charge < -0.3 is 5.11 Å². The summed E-state index contributed by atoms with van der Waals surface area (Å²) in [4.78, 5) is 0.168. The Hall–Kier alpha value is -0.960. The molecule has 6 nitrogen and oxygen atoms in total. The molecule has 0 radical (unpaired) electrons. The second kappa shape index (κ2) is 6.04. The zero-order valence-electron chi connectivity index (χ0n) is 11.8. The lowest BCUT2D eigenvalue weighted by Crippen LogP contribution is -2.40. The maximum atomic E-state index is 12.5. The lowest BCUT2D eigenvalue weighted by Gasteiger charge is -2.30. The highest BCUT2D eigenvalue weighted by Gasteiger charge is 2.30. The van der Waals surface area contributed by atoms with Crippen LogP contribution in [0.25, 0.3) is 0 Å². The van der Waals surface area contributed by atoms with Gasteiger partial charge in [0.05, 0.1) is 9.79 Å². The molecular formula is C13H19NO5S2. The Kier molecular flexibility index (Phi) is 4.72. The minimum absolute atomic E-state index is 0.0287. The molecule has 21 heavy (non-hydrogen) atoms. The van der Waals surface area contributed by atoms with Gasteiger partial charge in [-0.25, -0.2) is 16.8 Å². The second-order valence-electron chi connectivity index (χ2n) is 5.30. The van der Waals surface area contributed by atoms with Crippen molar-refractivity contribution in [1.29, 1.82) is 0 Å². The smallest absolute Gasteiger partial charge is 0.243 e. The molecule has 0 amide bonds. The van der Waals surface area contributed by atoms with Crippen LogP contribution in [0, 0.1) is 5.92 Å². The molecule has 1 aliphatic rings. The molecule has 0 spiro atoms. The van der Waals surface area contributed by atoms with Crippen LogP contribution in [0.2, 0.25) is 0 Å². The number of sulfone groups is 1. The first-order valence-electron chi connectivity index (χ1n) is 6.66. The van der Waals surface area contributed by atoms with Crippen LogP contribution in [0.5, 0.6) is 0 Å². The van der Waals surface area contributed by atoms with Crippen molar-refractivity contribution in [2.75, 3.05) is 26.0 Å². The molecule has 2 rings (SSSR count). The van der Waals surface area contributed by atoms with E-state index in [-0.39, 0.29) is 22.3 Å². The van der Waals surface area contributed by atoms with Gasteiger partial charge in [-0.1, -0.05) is 0 Å². The van der Waals surface area contributed by atoms with Gasteiger partial charge in [-0.2, -0.15) is 4.31 Å². The van der Waals surface area contributed by atoms with Gasteiger partial charge in [0.1, 0.15) is 0 Å². The van der Waals surface area contributed by atoms with Crippen molar-refractivity contribution in [3.05, 3.63) is 24.3 Å². The van der Waals surface area contributed by atoms with Gasteiger partial charge in [-0.15, -0.1) is 0 Å². The van der Waals surface area contributed by atoms with E-state index in [4.69, 9.17) is 0 Å². The number of sulfonamides is 1. The van der Waals surface area contributed by atoms with Crippen LogP contribution in [0.3, 0.4) is 0 Å². The number of aliphatic hydroxyl groups excluding tert-OH is 1. The number of hydrogen-bond donors (Lipinski definition) is 1. The molecule has 118 valence electrons. The van der Waals surface area contributed by atoms with Crippen LogP contribution in [-0.4, -0.2) is 52.2 Å². The molecule has 1 N–H and O–H groups in total. The summed E-state index contributed by atoms with van der Waals surface area (Å²) in [7, 11) is -6.98. The average molecular weight is 333 g/mol. The van der Waals surface area contributed by atoms with Gasteiger partial charge in [-0.05, 0) is 43.0 Å². The summed E-state index contributed by atoms with van der Waals surface area (Å²) in [6.07, 6.45) is 2.61. The van der Waals surface area contributed by atoms with Gasteiger partial charge >= 0.3 is 0 Å². The van der Waals surface area contributed by atoms with E-state index in [2.05, 4.69) is 0 Å². The van der Waals surface area contributed by atoms with Crippen LogP contribution in [0.4, 0.5) is 0 Å². The molecule has 1 aliphatic heterocycles. The molecule has 1 atom stereocenters. The molecule has 0 saturated carbocycles. The Labute approximate surface area is 125 Å². The minimum atomic E-state index is -3.64. The molecule has 0 aliphatic carbocycles. The Bertz CT molecular complexity index is 695. The highest BCUT2D eigenvalue weighted by molar-refractivity contribution is 7.90. The van der Waals surface area contributed by atoms with Crippen molar-refractivity contribution in [1.82, 2.24) is 4.31 Å². The van der Waals surface area contributed by atoms with Crippen LogP contribution >= 0.6 is 0 Å². The fraction of sp³-hybridized carbons (Fsp3) is 0.538. The van der Waals surface area contributed by atoms with Crippen LogP contribution < -0.4 is 0 Å². The third kappa shape index (κ3) is 3.63. The Morgan fingerprint density at radius 2 is 1.71 bits per heavy atom. The van der Waals surface area contributed by atoms with Gasteiger partial charge in [0.2, 0.25) is 10.0 Å². The molecule has 1 aromatic carbocycles. The van der Waals surface area contributed by atoms with Crippen molar-refractivity contribution >= 4 is 19.9 Å². The fourth-order valence-electron chi connectivity index (χ4n) is 2.40. The first kappa shape index (κ1) is 16.4. The third-order valence-electron chi connectivity index (χ3n) is 3.63. The van der Waals surface area contributed by atoms with Gasteiger partial charge in [-0.3, -0.25) is 0 Å². The molecule has 0 bridgehead atoms. The standard InChI is InChI=1S/C13H19NO5S2/c1-20(16,17)12-4-6-13(7-5-12)21(18,19)14-8-2-3-11(9-14)10-15/h4-7,11,15H,2-3,8-10H2,1H3. The molecule has 0 aromatic heterocycles. The predicted octanol–water partition coefficient (Wildman–Crippen LogP) is 0.483. The number of piperidine rings is 1. The number of aliphatic hydroxyl groups is 1. The van der Waals surface area contributed by atoms with Gasteiger partial charge in [0.25, 0.3) is 0 Å². The van der Waals surface area contributed by atoms with E-state index in [9.17, 15) is 21.9 Å². The SMILES string of the molecule is CS(=O)(=O)c1ccc(S(=O)(=O)N2CCCC(CO)C2)cc1. The lowest BCUT2D eigenvalue weighted by molar-refractivity contribution is 0.165. The number of benzene rings is 1. The minimum Gasteiger partial charge on any atom is -0.396 e. The molecular weight excluding hydrogens is 314 g/mol. The Morgan fingerprint density at radius 1 is 1.14 bits per heavy atom. The summed E-state index contributed by atoms with van der Waals surface area (Å²) in [5.41, 5.74) is 0. The molecule has 8 heteroatoms. The maximum absolute atomic E-state index is 12.5. The largest absolute Gasteiger partial charge is 0.396 e. The predicted molar refractivity (Wildman–Crippen MR) is 78.1 cm³/mol. The summed E-state index contributed by atoms with van der Waals surface area (Å²) in [5.74, 6) is -0.0381. The van der Waals surface area contributed by atoms with Crippen molar-refractivity contribution in [2.45, 2.75) is 22.6 Å². The monoisotopic (exact) mass is 333 g/mol. The van der Waals surface area contributed by atoms with Crippen molar-refractivity contribution in [3.8, 4) is 0 Å². The fourth-order valence-corrected chi connectivity index (χ4v) is 4.59. The summed E-state index contributed by atoms with van der Waals surface area (Å²) in [6.45, 7) is 0.693. The van der Waals surface area contributed by atoms with E-state index in [1.54, 1.807) is 0 Å². The second-order valence-corrected chi connectivity index (χ2v) is 9.25. The Morgan fingerprint density at radius 3 is 2.24 bits per heavy atom. The van der Waals surface area contributed by atoms with E-state index in [1.165, 1.54) is 28.6 Å². The zero-order chi connectivity index (χ0) is 15.7. The summed E-state index contributed by atoms with van der Waals surface area (Å²) in [6, 6.07) is 5.23. The summed E-state index contributed by atoms with van der Waals surface area (Å²) < 4.78 is 49.1. The van der Waals surface area contributed by atoms with E-state index >= 15 is 0 Å². The van der Waals surface area contributed by atoms with E-state index in [0.29, 0.717) is 19.5 Å². The van der Waals surface area contributed by atoms with E-state index in [1.807, 2.05) is 0 Å². The van der Waals surface area contributed by atoms with Crippen molar-refractivity contribution in [3.63, 3.8) is 0 Å². The van der Waals surface area contributed by atoms with Crippen molar-refractivity contribution in [2.24, 2.45) is 5.92 Å². The van der Waals surface area contributed by atoms with Gasteiger partial charge in [0.15, 0.2) is 9.84 Å². The topological polar surface area (TPSA) is 91.8 Å². The average Bonchev–Trinajstić information content (AvgIpc) is 2.46. The lowest BCUT2D eigenvalue weighted by atomic mass is 10.0. The number of nitrogens with zero attached hydrogens (tertiary/aromatic N) is 1. The molecule has 1 heterocycles. The summed E-state index contributed by atoms with van der Waals surface area (Å²) >= 11 is 0. The van der Waals surface area contributed by atoms with Crippen LogP contribution in [-0.2, 0) is 19.9 Å². The van der Waals surface area contributed by atoms with Gasteiger partial charge in [0, 0.05) is 26.0 Å². The first-order valence-corrected chi connectivity index (χ1v) is 9.99. The maximum Gasteiger partial charge on any atom is 0.243 e. The highest BCUT2D eigenvalue weighted by Crippen LogP contribution is 2.24. The van der Waals surface area contributed by atoms with E-state index in [0.717, 1.165) is 12.7 Å². The van der Waals surface area contributed by atoms with Crippen molar-refractivity contribution < 1.29 is 21.9 Å². The zero-order valence-corrected chi connectivity index (χ0v) is 13.4. The van der Waals surface area contributed by atoms with Crippen LogP contribution in [0.1, 0.15) is 12.8 Å². The molecule has 1 unspecified atom stereocenters. The van der Waals surface area contributed by atoms with Crippen LogP contribution in [0.15, 0.2) is 34.1 Å². The normalized spacial score (nSPS) is 21.3. The summed E-state index contributed by atoms with van der Waals surface area (Å²) in [5, 5.41) is 9.18. The van der Waals surface area contributed by atoms with E-state index < -0.39 is 19.9 Å². The third-order valence-corrected chi connectivity index (χ3v) is 6.64. The first-order chi connectivity index (χ1) is 9.75. The molecule has 1 aromatic rings. The molecule has 1 saturated heterocycles. The number of hydrogen-bond acceptors (Lipinski definition) is 5. The number of rotatable bonds is 4. The highest BCUT2D eigenvalue weighted by atomic mass is 32.2.